The van der Waals surface area contributed by atoms with E-state index >= 15 is 0 Å². The minimum absolute atomic E-state index is 0.00440. The number of aliphatic hydroxyl groups excluding tert-OH is 1. The molecule has 1 saturated carbocycles. The second-order valence-corrected chi connectivity index (χ2v) is 4.94. The Morgan fingerprint density at radius 1 is 1.30 bits per heavy atom. The van der Waals surface area contributed by atoms with E-state index in [-0.39, 0.29) is 23.6 Å². The lowest BCUT2D eigenvalue weighted by atomic mass is 9.89. The molecule has 2 aromatic rings. The van der Waals surface area contributed by atoms with E-state index in [1.165, 1.54) is 10.9 Å². The maximum absolute atomic E-state index is 12.0. The Morgan fingerprint density at radius 2 is 2.00 bits per heavy atom. The summed E-state index contributed by atoms with van der Waals surface area (Å²) in [4.78, 5) is 12.0. The Bertz CT molecular complexity index is 618. The number of carbonyl (C=O) groups excluding carboxylic acids is 1. The molecule has 6 nitrogen and oxygen atoms in total. The molecule has 0 bridgehead atoms. The van der Waals surface area contributed by atoms with Crippen LogP contribution >= 0.6 is 0 Å². The summed E-state index contributed by atoms with van der Waals surface area (Å²) in [6, 6.07) is 9.20. The SMILES string of the molecule is O=C(NC1CC(O)C1)c1nn(-c2ccccc2)cc1O. The number of para-hydroxylation sites is 1. The lowest BCUT2D eigenvalue weighted by Gasteiger charge is -2.31. The fraction of sp³-hybridized carbons (Fsp3) is 0.286. The standard InChI is InChI=1S/C14H15N3O3/c18-11-6-9(7-11)15-14(20)13-12(19)8-17(16-13)10-4-2-1-3-5-10/h1-5,8-9,11,18-19H,6-7H2,(H,15,20). The highest BCUT2D eigenvalue weighted by molar-refractivity contribution is 5.95. The molecule has 1 amide bonds. The van der Waals surface area contributed by atoms with Gasteiger partial charge in [-0.05, 0) is 25.0 Å². The summed E-state index contributed by atoms with van der Waals surface area (Å²) < 4.78 is 1.46. The van der Waals surface area contributed by atoms with Gasteiger partial charge in [-0.2, -0.15) is 5.10 Å². The van der Waals surface area contributed by atoms with Crippen LogP contribution in [0.25, 0.3) is 5.69 Å². The van der Waals surface area contributed by atoms with E-state index in [0.717, 1.165) is 5.69 Å². The first-order chi connectivity index (χ1) is 9.63. The van der Waals surface area contributed by atoms with Gasteiger partial charge in [-0.15, -0.1) is 0 Å². The van der Waals surface area contributed by atoms with Gasteiger partial charge in [-0.3, -0.25) is 4.79 Å². The Labute approximate surface area is 115 Å². The van der Waals surface area contributed by atoms with Crippen LogP contribution in [0.2, 0.25) is 0 Å². The fourth-order valence-electron chi connectivity index (χ4n) is 2.20. The number of amides is 1. The first kappa shape index (κ1) is 12.7. The van der Waals surface area contributed by atoms with Gasteiger partial charge < -0.3 is 15.5 Å². The van der Waals surface area contributed by atoms with Gasteiger partial charge in [-0.25, -0.2) is 4.68 Å². The summed E-state index contributed by atoms with van der Waals surface area (Å²) in [6.45, 7) is 0. The molecule has 20 heavy (non-hydrogen) atoms. The molecule has 104 valence electrons. The van der Waals surface area contributed by atoms with Crippen molar-refractivity contribution in [1.29, 1.82) is 0 Å². The molecule has 1 aliphatic rings. The molecular formula is C14H15N3O3. The van der Waals surface area contributed by atoms with Crippen LogP contribution in [0, 0.1) is 0 Å². The summed E-state index contributed by atoms with van der Waals surface area (Å²) in [5.41, 5.74) is 0.760. The second-order valence-electron chi connectivity index (χ2n) is 4.94. The van der Waals surface area contributed by atoms with E-state index < -0.39 is 5.91 Å². The van der Waals surface area contributed by atoms with Gasteiger partial charge in [-0.1, -0.05) is 18.2 Å². The molecule has 0 radical (unpaired) electrons. The highest BCUT2D eigenvalue weighted by atomic mass is 16.3. The minimum Gasteiger partial charge on any atom is -0.504 e. The summed E-state index contributed by atoms with van der Waals surface area (Å²) in [5.74, 6) is -0.583. The molecule has 1 fully saturated rings. The zero-order chi connectivity index (χ0) is 14.1. The summed E-state index contributed by atoms with van der Waals surface area (Å²) in [5, 5.41) is 25.9. The number of aromatic hydroxyl groups is 1. The molecule has 0 unspecified atom stereocenters. The molecule has 0 atom stereocenters. The Morgan fingerprint density at radius 3 is 2.65 bits per heavy atom. The Kier molecular flexibility index (Phi) is 3.15. The fourth-order valence-corrected chi connectivity index (χ4v) is 2.20. The molecule has 1 aromatic heterocycles. The third-order valence-electron chi connectivity index (χ3n) is 3.38. The van der Waals surface area contributed by atoms with Crippen LogP contribution in [0.5, 0.6) is 5.75 Å². The number of nitrogens with one attached hydrogen (secondary N) is 1. The highest BCUT2D eigenvalue weighted by Crippen LogP contribution is 2.22. The molecule has 0 spiro atoms. The third kappa shape index (κ3) is 2.37. The predicted molar refractivity (Wildman–Crippen MR) is 71.7 cm³/mol. The number of hydrogen-bond acceptors (Lipinski definition) is 4. The van der Waals surface area contributed by atoms with Gasteiger partial charge in [0.05, 0.1) is 18.0 Å². The number of hydrogen-bond donors (Lipinski definition) is 3. The molecule has 3 rings (SSSR count). The van der Waals surface area contributed by atoms with Crippen LogP contribution in [0.3, 0.4) is 0 Å². The quantitative estimate of drug-likeness (QED) is 0.773. The molecular weight excluding hydrogens is 258 g/mol. The van der Waals surface area contributed by atoms with Crippen LogP contribution in [0.15, 0.2) is 36.5 Å². The normalized spacial score (nSPS) is 21.2. The van der Waals surface area contributed by atoms with Crippen molar-refractivity contribution >= 4 is 5.91 Å². The molecule has 3 N–H and O–H groups in total. The summed E-state index contributed by atoms with van der Waals surface area (Å²) in [7, 11) is 0. The zero-order valence-electron chi connectivity index (χ0n) is 10.7. The van der Waals surface area contributed by atoms with Crippen LogP contribution in [0.4, 0.5) is 0 Å². The minimum atomic E-state index is -0.422. The number of aliphatic hydroxyl groups is 1. The molecule has 0 saturated heterocycles. The van der Waals surface area contributed by atoms with E-state index in [4.69, 9.17) is 0 Å². The molecule has 0 aliphatic heterocycles. The van der Waals surface area contributed by atoms with Crippen molar-refractivity contribution in [2.24, 2.45) is 0 Å². The lowest BCUT2D eigenvalue weighted by molar-refractivity contribution is 0.0559. The number of benzene rings is 1. The maximum Gasteiger partial charge on any atom is 0.275 e. The maximum atomic E-state index is 12.0. The van der Waals surface area contributed by atoms with Crippen LogP contribution in [0.1, 0.15) is 23.3 Å². The summed E-state index contributed by atoms with van der Waals surface area (Å²) in [6.07, 6.45) is 2.16. The number of carbonyl (C=O) groups is 1. The van der Waals surface area contributed by atoms with Gasteiger partial charge in [0.1, 0.15) is 0 Å². The van der Waals surface area contributed by atoms with Crippen molar-refractivity contribution in [2.75, 3.05) is 0 Å². The molecule has 6 heteroatoms. The van der Waals surface area contributed by atoms with Crippen molar-refractivity contribution in [2.45, 2.75) is 25.0 Å². The first-order valence-corrected chi connectivity index (χ1v) is 6.46. The van der Waals surface area contributed by atoms with Crippen molar-refractivity contribution in [3.8, 4) is 11.4 Å². The Hall–Kier alpha value is -2.34. The summed E-state index contributed by atoms with van der Waals surface area (Å²) >= 11 is 0. The van der Waals surface area contributed by atoms with E-state index in [0.29, 0.717) is 12.8 Å². The highest BCUT2D eigenvalue weighted by Gasteiger charge is 2.30. The Balaban J connectivity index is 1.77. The van der Waals surface area contributed by atoms with Gasteiger partial charge in [0, 0.05) is 6.04 Å². The lowest BCUT2D eigenvalue weighted by Crippen LogP contribution is -2.46. The zero-order valence-corrected chi connectivity index (χ0v) is 10.7. The number of nitrogens with zero attached hydrogens (tertiary/aromatic N) is 2. The van der Waals surface area contributed by atoms with Crippen molar-refractivity contribution in [3.05, 3.63) is 42.2 Å². The number of aromatic nitrogens is 2. The molecule has 1 heterocycles. The molecule has 1 aromatic carbocycles. The molecule has 1 aliphatic carbocycles. The van der Waals surface area contributed by atoms with Gasteiger partial charge in [0.25, 0.3) is 5.91 Å². The van der Waals surface area contributed by atoms with Crippen molar-refractivity contribution in [3.63, 3.8) is 0 Å². The number of rotatable bonds is 3. The average Bonchev–Trinajstić information content (AvgIpc) is 2.80. The van der Waals surface area contributed by atoms with Crippen LogP contribution < -0.4 is 5.32 Å². The smallest absolute Gasteiger partial charge is 0.275 e. The van der Waals surface area contributed by atoms with Gasteiger partial charge in [0.15, 0.2) is 11.4 Å². The van der Waals surface area contributed by atoms with Gasteiger partial charge in [0.2, 0.25) is 0 Å². The first-order valence-electron chi connectivity index (χ1n) is 6.46. The van der Waals surface area contributed by atoms with E-state index in [2.05, 4.69) is 10.4 Å². The van der Waals surface area contributed by atoms with Crippen LogP contribution in [-0.2, 0) is 0 Å². The van der Waals surface area contributed by atoms with Crippen molar-refractivity contribution < 1.29 is 15.0 Å². The van der Waals surface area contributed by atoms with Crippen LogP contribution in [-0.4, -0.2) is 38.0 Å². The monoisotopic (exact) mass is 273 g/mol. The van der Waals surface area contributed by atoms with E-state index in [1.807, 2.05) is 30.3 Å². The third-order valence-corrected chi connectivity index (χ3v) is 3.38. The van der Waals surface area contributed by atoms with E-state index in [9.17, 15) is 15.0 Å². The van der Waals surface area contributed by atoms with E-state index in [1.54, 1.807) is 0 Å². The van der Waals surface area contributed by atoms with Crippen molar-refractivity contribution in [1.82, 2.24) is 15.1 Å². The predicted octanol–water partition coefficient (Wildman–Crippen LogP) is 0.831. The largest absolute Gasteiger partial charge is 0.504 e. The van der Waals surface area contributed by atoms with Gasteiger partial charge >= 0.3 is 0 Å². The topological polar surface area (TPSA) is 87.4 Å². The second kappa shape index (κ2) is 4.97. The average molecular weight is 273 g/mol.